The van der Waals surface area contributed by atoms with Gasteiger partial charge in [0.05, 0.1) is 13.2 Å². The molecule has 2 fully saturated rings. The van der Waals surface area contributed by atoms with Crippen molar-refractivity contribution in [3.63, 3.8) is 0 Å². The number of primary amides is 1. The molecule has 3 N–H and O–H groups in total. The van der Waals surface area contributed by atoms with Crippen LogP contribution < -0.4 is 10.5 Å². The van der Waals surface area contributed by atoms with Gasteiger partial charge in [0, 0.05) is 11.5 Å². The van der Waals surface area contributed by atoms with E-state index in [1.54, 1.807) is 0 Å². The second kappa shape index (κ2) is 7.09. The van der Waals surface area contributed by atoms with E-state index < -0.39 is 5.91 Å². The van der Waals surface area contributed by atoms with Crippen LogP contribution in [0.1, 0.15) is 79.4 Å². The first-order valence-electron chi connectivity index (χ1n) is 9.07. The minimum absolute atomic E-state index is 0.00742. The average molecular weight is 332 g/mol. The van der Waals surface area contributed by atoms with Crippen molar-refractivity contribution < 1.29 is 14.6 Å². The maximum absolute atomic E-state index is 11.9. The number of hydrogen-bond donors (Lipinski definition) is 2. The molecular formula is C19H28N2O3. The van der Waals surface area contributed by atoms with Gasteiger partial charge in [0.2, 0.25) is 5.88 Å². The van der Waals surface area contributed by atoms with Crippen LogP contribution in [0.5, 0.6) is 5.88 Å². The largest absolute Gasteiger partial charge is 0.477 e. The van der Waals surface area contributed by atoms with Crippen molar-refractivity contribution >= 4 is 5.91 Å². The van der Waals surface area contributed by atoms with Crippen molar-refractivity contribution in [1.82, 2.24) is 4.98 Å². The Morgan fingerprint density at radius 1 is 1.38 bits per heavy atom. The number of nitrogens with two attached hydrogens (primary N) is 1. The van der Waals surface area contributed by atoms with Crippen LogP contribution in [-0.2, 0) is 0 Å². The molecule has 3 rings (SSSR count). The Morgan fingerprint density at radius 2 is 2.08 bits per heavy atom. The molecule has 1 aromatic heterocycles. The highest BCUT2D eigenvalue weighted by Crippen LogP contribution is 2.45. The molecule has 0 radical (unpaired) electrons. The molecule has 5 nitrogen and oxygen atoms in total. The molecule has 132 valence electrons. The molecule has 0 saturated heterocycles. The summed E-state index contributed by atoms with van der Waals surface area (Å²) in [5.74, 6) is 1.41. The Bertz CT molecular complexity index is 607. The van der Waals surface area contributed by atoms with Crippen molar-refractivity contribution in [2.75, 3.05) is 13.2 Å². The Balaban J connectivity index is 1.96. The Morgan fingerprint density at radius 3 is 2.58 bits per heavy atom. The lowest BCUT2D eigenvalue weighted by atomic mass is 9.88. The van der Waals surface area contributed by atoms with E-state index in [9.17, 15) is 9.90 Å². The van der Waals surface area contributed by atoms with Gasteiger partial charge in [0.1, 0.15) is 5.69 Å². The van der Waals surface area contributed by atoms with Crippen LogP contribution in [-0.4, -0.2) is 29.2 Å². The van der Waals surface area contributed by atoms with E-state index in [1.165, 1.54) is 12.8 Å². The number of carbonyl (C=O) groups is 1. The van der Waals surface area contributed by atoms with Gasteiger partial charge in [0.25, 0.3) is 5.91 Å². The van der Waals surface area contributed by atoms with Gasteiger partial charge >= 0.3 is 0 Å². The van der Waals surface area contributed by atoms with Gasteiger partial charge in [0.15, 0.2) is 0 Å². The van der Waals surface area contributed by atoms with E-state index in [1.807, 2.05) is 6.07 Å². The van der Waals surface area contributed by atoms with Crippen LogP contribution in [0.3, 0.4) is 0 Å². The predicted octanol–water partition coefficient (Wildman–Crippen LogP) is 2.97. The molecule has 1 amide bonds. The van der Waals surface area contributed by atoms with Gasteiger partial charge in [-0.1, -0.05) is 13.8 Å². The summed E-state index contributed by atoms with van der Waals surface area (Å²) in [7, 11) is 0. The zero-order chi connectivity index (χ0) is 17.3. The monoisotopic (exact) mass is 332 g/mol. The summed E-state index contributed by atoms with van der Waals surface area (Å²) in [5.41, 5.74) is 7.69. The van der Waals surface area contributed by atoms with Gasteiger partial charge in [-0.25, -0.2) is 4.98 Å². The molecule has 24 heavy (non-hydrogen) atoms. The number of amides is 1. The fourth-order valence-electron chi connectivity index (χ4n) is 3.19. The Labute approximate surface area is 143 Å². The molecule has 0 aromatic carbocycles. The van der Waals surface area contributed by atoms with E-state index in [2.05, 4.69) is 18.8 Å². The summed E-state index contributed by atoms with van der Waals surface area (Å²) in [4.78, 5) is 16.5. The number of hydrogen-bond acceptors (Lipinski definition) is 4. The van der Waals surface area contributed by atoms with Gasteiger partial charge in [-0.05, 0) is 61.5 Å². The molecule has 1 aromatic rings. The van der Waals surface area contributed by atoms with Crippen LogP contribution in [0.4, 0.5) is 0 Å². The predicted molar refractivity (Wildman–Crippen MR) is 92.2 cm³/mol. The SMILES string of the molecule is CC(C)C[C@@H](CO)c1cc(C2CC2)c(OCC2CC2)nc1C(N)=O. The van der Waals surface area contributed by atoms with E-state index in [0.717, 1.165) is 30.4 Å². The van der Waals surface area contributed by atoms with Crippen molar-refractivity contribution in [3.8, 4) is 5.88 Å². The number of aliphatic hydroxyl groups is 1. The summed E-state index contributed by atoms with van der Waals surface area (Å²) >= 11 is 0. The quantitative estimate of drug-likeness (QED) is 0.728. The zero-order valence-corrected chi connectivity index (χ0v) is 14.6. The molecule has 0 aliphatic heterocycles. The maximum Gasteiger partial charge on any atom is 0.267 e. The Kier molecular flexibility index (Phi) is 5.09. The molecule has 1 atom stereocenters. The minimum atomic E-state index is -0.550. The van der Waals surface area contributed by atoms with Gasteiger partial charge in [-0.2, -0.15) is 0 Å². The second-order valence-corrected chi connectivity index (χ2v) is 7.72. The Hall–Kier alpha value is -1.62. The molecular weight excluding hydrogens is 304 g/mol. The lowest BCUT2D eigenvalue weighted by Gasteiger charge is -2.21. The van der Waals surface area contributed by atoms with Crippen LogP contribution in [0.2, 0.25) is 0 Å². The first-order valence-corrected chi connectivity index (χ1v) is 9.07. The zero-order valence-electron chi connectivity index (χ0n) is 14.6. The summed E-state index contributed by atoms with van der Waals surface area (Å²) in [6.07, 6.45) is 5.47. The lowest BCUT2D eigenvalue weighted by molar-refractivity contribution is 0.0991. The topological polar surface area (TPSA) is 85.4 Å². The normalized spacial score (nSPS) is 18.7. The number of nitrogens with zero attached hydrogens (tertiary/aromatic N) is 1. The summed E-state index contributed by atoms with van der Waals surface area (Å²) in [6, 6.07) is 2.02. The molecule has 0 unspecified atom stereocenters. The van der Waals surface area contributed by atoms with Crippen molar-refractivity contribution in [2.24, 2.45) is 17.6 Å². The summed E-state index contributed by atoms with van der Waals surface area (Å²) < 4.78 is 5.92. The van der Waals surface area contributed by atoms with Gasteiger partial charge < -0.3 is 15.6 Å². The second-order valence-electron chi connectivity index (χ2n) is 7.72. The number of carbonyl (C=O) groups excluding carboxylic acids is 1. The fourth-order valence-corrected chi connectivity index (χ4v) is 3.19. The van der Waals surface area contributed by atoms with Gasteiger partial charge in [-0.3, -0.25) is 4.79 Å². The van der Waals surface area contributed by atoms with Crippen molar-refractivity contribution in [1.29, 1.82) is 0 Å². The van der Waals surface area contributed by atoms with Crippen LogP contribution >= 0.6 is 0 Å². The van der Waals surface area contributed by atoms with E-state index >= 15 is 0 Å². The number of rotatable bonds is 9. The van der Waals surface area contributed by atoms with Crippen LogP contribution in [0.25, 0.3) is 0 Å². The smallest absolute Gasteiger partial charge is 0.267 e. The van der Waals surface area contributed by atoms with E-state index in [0.29, 0.717) is 30.2 Å². The maximum atomic E-state index is 11.9. The number of aliphatic hydroxyl groups excluding tert-OH is 1. The minimum Gasteiger partial charge on any atom is -0.477 e. The third-order valence-corrected chi connectivity index (χ3v) is 4.86. The molecule has 0 spiro atoms. The summed E-state index contributed by atoms with van der Waals surface area (Å²) in [5, 5.41) is 9.82. The molecule has 1 heterocycles. The highest BCUT2D eigenvalue weighted by atomic mass is 16.5. The molecule has 0 bridgehead atoms. The number of ether oxygens (including phenoxy) is 1. The molecule has 2 aliphatic carbocycles. The number of pyridine rings is 1. The lowest BCUT2D eigenvalue weighted by Crippen LogP contribution is -2.21. The third kappa shape index (κ3) is 4.07. The van der Waals surface area contributed by atoms with Crippen LogP contribution in [0, 0.1) is 11.8 Å². The highest BCUT2D eigenvalue weighted by Gasteiger charge is 2.32. The summed E-state index contributed by atoms with van der Waals surface area (Å²) in [6.45, 7) is 4.87. The number of aromatic nitrogens is 1. The first-order chi connectivity index (χ1) is 11.5. The van der Waals surface area contributed by atoms with Crippen molar-refractivity contribution in [3.05, 3.63) is 22.9 Å². The molecule has 2 saturated carbocycles. The third-order valence-electron chi connectivity index (χ3n) is 4.86. The van der Waals surface area contributed by atoms with Gasteiger partial charge in [-0.15, -0.1) is 0 Å². The standard InChI is InChI=1S/C19H28N2O3/c1-11(2)7-14(9-22)15-8-16(13-5-6-13)19(21-17(15)18(20)23)24-10-12-3-4-12/h8,11-14,22H,3-7,9-10H2,1-2H3,(H2,20,23)/t14-/m0/s1. The molecule has 2 aliphatic rings. The van der Waals surface area contributed by atoms with Crippen molar-refractivity contribution in [2.45, 2.75) is 57.8 Å². The highest BCUT2D eigenvalue weighted by molar-refractivity contribution is 5.92. The first kappa shape index (κ1) is 17.2. The van der Waals surface area contributed by atoms with E-state index in [4.69, 9.17) is 10.5 Å². The van der Waals surface area contributed by atoms with Crippen LogP contribution in [0.15, 0.2) is 6.07 Å². The molecule has 5 heteroatoms. The average Bonchev–Trinajstić information content (AvgIpc) is 3.43. The van der Waals surface area contributed by atoms with E-state index in [-0.39, 0.29) is 18.2 Å². The fraction of sp³-hybridized carbons (Fsp3) is 0.684.